The summed E-state index contributed by atoms with van der Waals surface area (Å²) in [5.41, 5.74) is 10.4. The predicted octanol–water partition coefficient (Wildman–Crippen LogP) is 5.20. The molecule has 4 aromatic rings. The second kappa shape index (κ2) is 11.5. The highest BCUT2D eigenvalue weighted by Crippen LogP contribution is 2.39. The standard InChI is InChI=1S/C26H27N5O4S3/c1-6-35-25(34)19-14(3)21(22(27)33)38-24(19)28-18(32)12-37-26-30-29-23(31(26)5)17-11-36-15(4)20(17)16-9-7-13(2)8-10-16/h7-11H,6,12H2,1-5H3,(H2,27,33)(H,28,32). The number of esters is 1. The van der Waals surface area contributed by atoms with Gasteiger partial charge in [0.15, 0.2) is 11.0 Å². The van der Waals surface area contributed by atoms with E-state index in [-0.39, 0.29) is 33.7 Å². The number of primary amides is 1. The Morgan fingerprint density at radius 3 is 2.50 bits per heavy atom. The first-order valence-corrected chi connectivity index (χ1v) is 14.4. The van der Waals surface area contributed by atoms with Crippen LogP contribution in [0.5, 0.6) is 0 Å². The molecule has 2 amide bonds. The van der Waals surface area contributed by atoms with Crippen LogP contribution in [0.2, 0.25) is 0 Å². The number of hydrogen-bond donors (Lipinski definition) is 2. The maximum absolute atomic E-state index is 12.8. The number of ether oxygens (including phenoxy) is 1. The van der Waals surface area contributed by atoms with Gasteiger partial charge < -0.3 is 20.4 Å². The van der Waals surface area contributed by atoms with Crippen LogP contribution in [0.25, 0.3) is 22.5 Å². The van der Waals surface area contributed by atoms with Crippen molar-refractivity contribution >= 4 is 57.2 Å². The SMILES string of the molecule is CCOC(=O)c1c(NC(=O)CSc2nnc(-c3csc(C)c3-c3ccc(C)cc3)n2C)sc(C(N)=O)c1C. The molecule has 12 heteroatoms. The van der Waals surface area contributed by atoms with Gasteiger partial charge in [0.05, 0.1) is 22.8 Å². The van der Waals surface area contributed by atoms with Gasteiger partial charge in [0.2, 0.25) is 5.91 Å². The van der Waals surface area contributed by atoms with Gasteiger partial charge in [0, 0.05) is 28.4 Å². The number of carbonyl (C=O) groups excluding carboxylic acids is 3. The summed E-state index contributed by atoms with van der Waals surface area (Å²) in [5, 5.41) is 14.3. The molecule has 0 aliphatic rings. The molecule has 0 atom stereocenters. The number of carbonyl (C=O) groups is 3. The van der Waals surface area contributed by atoms with Gasteiger partial charge in [0.1, 0.15) is 5.00 Å². The molecular weight excluding hydrogens is 543 g/mol. The maximum Gasteiger partial charge on any atom is 0.341 e. The lowest BCUT2D eigenvalue weighted by atomic mass is 10.0. The van der Waals surface area contributed by atoms with Crippen LogP contribution in [0.4, 0.5) is 5.00 Å². The van der Waals surface area contributed by atoms with E-state index >= 15 is 0 Å². The average molecular weight is 570 g/mol. The number of nitrogens with two attached hydrogens (primary N) is 1. The fourth-order valence-electron chi connectivity index (χ4n) is 3.95. The van der Waals surface area contributed by atoms with Crippen molar-refractivity contribution < 1.29 is 19.1 Å². The molecule has 0 saturated heterocycles. The number of thioether (sulfide) groups is 1. The van der Waals surface area contributed by atoms with Gasteiger partial charge in [-0.25, -0.2) is 4.79 Å². The highest BCUT2D eigenvalue weighted by molar-refractivity contribution is 7.99. The minimum Gasteiger partial charge on any atom is -0.462 e. The van der Waals surface area contributed by atoms with Crippen molar-refractivity contribution in [1.29, 1.82) is 0 Å². The second-order valence-electron chi connectivity index (χ2n) is 8.49. The van der Waals surface area contributed by atoms with E-state index in [0.29, 0.717) is 16.5 Å². The Morgan fingerprint density at radius 1 is 1.13 bits per heavy atom. The largest absolute Gasteiger partial charge is 0.462 e. The smallest absolute Gasteiger partial charge is 0.341 e. The van der Waals surface area contributed by atoms with E-state index in [0.717, 1.165) is 28.0 Å². The third-order valence-electron chi connectivity index (χ3n) is 5.83. The number of benzene rings is 1. The van der Waals surface area contributed by atoms with Crippen LogP contribution in [0.3, 0.4) is 0 Å². The third-order valence-corrected chi connectivity index (χ3v) is 8.98. The lowest BCUT2D eigenvalue weighted by molar-refractivity contribution is -0.113. The van der Waals surface area contributed by atoms with E-state index in [1.165, 1.54) is 22.2 Å². The second-order valence-corrected chi connectivity index (χ2v) is 11.5. The van der Waals surface area contributed by atoms with E-state index in [1.807, 2.05) is 11.6 Å². The Bertz CT molecular complexity index is 1520. The molecule has 4 rings (SSSR count). The summed E-state index contributed by atoms with van der Waals surface area (Å²) in [5.74, 6) is -0.935. The molecule has 0 fully saturated rings. The van der Waals surface area contributed by atoms with Crippen molar-refractivity contribution in [3.05, 3.63) is 56.1 Å². The summed E-state index contributed by atoms with van der Waals surface area (Å²) in [6.07, 6.45) is 0. The number of hydrogen-bond acceptors (Lipinski definition) is 9. The monoisotopic (exact) mass is 569 g/mol. The van der Waals surface area contributed by atoms with E-state index in [2.05, 4.69) is 59.0 Å². The number of aryl methyl sites for hydroxylation is 2. The minimum atomic E-state index is -0.673. The van der Waals surface area contributed by atoms with Gasteiger partial charge in [-0.15, -0.1) is 32.9 Å². The molecule has 0 saturated carbocycles. The van der Waals surface area contributed by atoms with Gasteiger partial charge in [-0.3, -0.25) is 9.59 Å². The van der Waals surface area contributed by atoms with Crippen molar-refractivity contribution in [2.45, 2.75) is 32.9 Å². The average Bonchev–Trinajstić information content (AvgIpc) is 3.53. The summed E-state index contributed by atoms with van der Waals surface area (Å²) in [4.78, 5) is 38.5. The predicted molar refractivity (Wildman–Crippen MR) is 152 cm³/mol. The normalized spacial score (nSPS) is 11.0. The van der Waals surface area contributed by atoms with Crippen LogP contribution in [0, 0.1) is 20.8 Å². The number of amides is 2. The lowest BCUT2D eigenvalue weighted by Crippen LogP contribution is -2.17. The number of anilines is 1. The van der Waals surface area contributed by atoms with E-state index in [4.69, 9.17) is 10.5 Å². The fraction of sp³-hybridized carbons (Fsp3) is 0.269. The van der Waals surface area contributed by atoms with Crippen molar-refractivity contribution in [3.63, 3.8) is 0 Å². The highest BCUT2D eigenvalue weighted by atomic mass is 32.2. The number of nitrogens with zero attached hydrogens (tertiary/aromatic N) is 3. The van der Waals surface area contributed by atoms with Gasteiger partial charge >= 0.3 is 5.97 Å². The third kappa shape index (κ3) is 5.52. The molecule has 0 radical (unpaired) electrons. The summed E-state index contributed by atoms with van der Waals surface area (Å²) in [6, 6.07) is 8.37. The molecule has 3 N–H and O–H groups in total. The van der Waals surface area contributed by atoms with E-state index < -0.39 is 11.9 Å². The molecule has 0 unspecified atom stereocenters. The van der Waals surface area contributed by atoms with Crippen molar-refractivity contribution in [2.75, 3.05) is 17.7 Å². The molecule has 3 aromatic heterocycles. The first-order valence-electron chi connectivity index (χ1n) is 11.7. The Hall–Kier alpha value is -3.48. The quantitative estimate of drug-likeness (QED) is 0.209. The van der Waals surface area contributed by atoms with Crippen LogP contribution < -0.4 is 11.1 Å². The Labute approximate surface area is 232 Å². The number of nitrogens with one attached hydrogen (secondary N) is 1. The Kier molecular flexibility index (Phi) is 8.34. The topological polar surface area (TPSA) is 129 Å². The summed E-state index contributed by atoms with van der Waals surface area (Å²) in [7, 11) is 1.86. The molecule has 0 spiro atoms. The Morgan fingerprint density at radius 2 is 1.84 bits per heavy atom. The molecule has 3 heterocycles. The lowest BCUT2D eigenvalue weighted by Gasteiger charge is -2.08. The maximum atomic E-state index is 12.8. The first kappa shape index (κ1) is 27.6. The minimum absolute atomic E-state index is 0.0184. The van der Waals surface area contributed by atoms with E-state index in [1.54, 1.807) is 25.2 Å². The highest BCUT2D eigenvalue weighted by Gasteiger charge is 2.26. The van der Waals surface area contributed by atoms with Gasteiger partial charge in [-0.2, -0.15) is 0 Å². The zero-order chi connectivity index (χ0) is 27.6. The number of aromatic nitrogens is 3. The zero-order valence-electron chi connectivity index (χ0n) is 21.6. The van der Waals surface area contributed by atoms with Crippen molar-refractivity contribution in [2.24, 2.45) is 12.8 Å². The molecular formula is C26H27N5O4S3. The van der Waals surface area contributed by atoms with Crippen molar-refractivity contribution in [1.82, 2.24) is 14.8 Å². The van der Waals surface area contributed by atoms with Crippen LogP contribution in [0.15, 0.2) is 34.8 Å². The van der Waals surface area contributed by atoms with Crippen LogP contribution in [-0.4, -0.2) is 44.9 Å². The summed E-state index contributed by atoms with van der Waals surface area (Å²) in [6.45, 7) is 7.58. The van der Waals surface area contributed by atoms with Crippen LogP contribution >= 0.6 is 34.4 Å². The fourth-order valence-corrected chi connectivity index (χ4v) is 6.59. The molecule has 198 valence electrons. The zero-order valence-corrected chi connectivity index (χ0v) is 24.0. The first-order chi connectivity index (χ1) is 18.1. The molecule has 0 aliphatic carbocycles. The Balaban J connectivity index is 1.52. The summed E-state index contributed by atoms with van der Waals surface area (Å²) < 4.78 is 6.96. The summed E-state index contributed by atoms with van der Waals surface area (Å²) >= 11 is 3.83. The molecule has 0 aliphatic heterocycles. The molecule has 0 bridgehead atoms. The van der Waals surface area contributed by atoms with Gasteiger partial charge in [-0.1, -0.05) is 41.6 Å². The molecule has 9 nitrogen and oxygen atoms in total. The van der Waals surface area contributed by atoms with Gasteiger partial charge in [-0.05, 0) is 38.8 Å². The van der Waals surface area contributed by atoms with E-state index in [9.17, 15) is 14.4 Å². The van der Waals surface area contributed by atoms with Crippen LogP contribution in [-0.2, 0) is 16.6 Å². The number of thiophene rings is 2. The molecule has 1 aromatic carbocycles. The molecule has 38 heavy (non-hydrogen) atoms. The van der Waals surface area contributed by atoms with Gasteiger partial charge in [0.25, 0.3) is 5.91 Å². The van der Waals surface area contributed by atoms with Crippen molar-refractivity contribution in [3.8, 4) is 22.5 Å². The number of rotatable bonds is 9. The van der Waals surface area contributed by atoms with Crippen LogP contribution in [0.1, 0.15) is 43.0 Å².